The number of carboxylic acids is 1. The van der Waals surface area contributed by atoms with Gasteiger partial charge >= 0.3 is 5.97 Å². The Labute approximate surface area is 215 Å². The molecule has 0 saturated heterocycles. The number of nitrogens with zero attached hydrogens (tertiary/aromatic N) is 1. The van der Waals surface area contributed by atoms with Gasteiger partial charge in [0, 0.05) is 13.0 Å². The summed E-state index contributed by atoms with van der Waals surface area (Å²) in [7, 11) is 0. The maximum atomic E-state index is 13.0. The number of amides is 4. The first-order valence-electron chi connectivity index (χ1n) is 11.9. The van der Waals surface area contributed by atoms with Crippen LogP contribution in [0.4, 0.5) is 0 Å². The van der Waals surface area contributed by atoms with E-state index in [0.29, 0.717) is 25.8 Å². The molecule has 16 heteroatoms. The lowest BCUT2D eigenvalue weighted by atomic mass is 10.0. The molecule has 0 aliphatic carbocycles. The fourth-order valence-corrected chi connectivity index (χ4v) is 3.16. The van der Waals surface area contributed by atoms with Gasteiger partial charge in [0.05, 0.1) is 12.1 Å². The van der Waals surface area contributed by atoms with Gasteiger partial charge in [-0.25, -0.2) is 4.79 Å². The number of aliphatic hydroxyl groups excluding tert-OH is 1. The molecule has 0 aromatic carbocycles. The summed E-state index contributed by atoms with van der Waals surface area (Å²) >= 11 is 0. The van der Waals surface area contributed by atoms with Crippen LogP contribution >= 0.6 is 0 Å². The van der Waals surface area contributed by atoms with Crippen LogP contribution in [-0.2, 0) is 24.0 Å². The molecule has 0 aromatic heterocycles. The molecule has 0 saturated carbocycles. The van der Waals surface area contributed by atoms with E-state index in [1.54, 1.807) is 0 Å². The standard InChI is InChI=1S/C21H41N9O7/c1-11(31)16(20(36)37)30-19(35)14(7-8-15(24)32)29-18(34)13(6-2-3-9-22)28-17(33)12(23)5-4-10-27-21(25)26/h11-14,16,31H,2-10,22-23H2,1H3,(H2,24,32)(H,28,33)(H,29,34)(H,30,35)(H,36,37)(H4,25,26,27). The van der Waals surface area contributed by atoms with Crippen molar-refractivity contribution in [1.82, 2.24) is 16.0 Å². The Hall–Kier alpha value is -3.50. The second-order valence-corrected chi connectivity index (χ2v) is 8.53. The van der Waals surface area contributed by atoms with Crippen molar-refractivity contribution in [1.29, 1.82) is 0 Å². The van der Waals surface area contributed by atoms with Crippen molar-refractivity contribution in [2.75, 3.05) is 13.1 Å². The van der Waals surface area contributed by atoms with Crippen LogP contribution in [0.2, 0.25) is 0 Å². The number of hydrogen-bond acceptors (Lipinski definition) is 9. The van der Waals surface area contributed by atoms with Gasteiger partial charge in [-0.1, -0.05) is 0 Å². The van der Waals surface area contributed by atoms with E-state index in [1.807, 2.05) is 0 Å². The first-order chi connectivity index (χ1) is 17.3. The monoisotopic (exact) mass is 531 g/mol. The van der Waals surface area contributed by atoms with Gasteiger partial charge in [-0.2, -0.15) is 0 Å². The normalized spacial score (nSPS) is 14.8. The van der Waals surface area contributed by atoms with E-state index in [9.17, 15) is 34.2 Å². The molecule has 0 heterocycles. The van der Waals surface area contributed by atoms with Crippen LogP contribution in [0, 0.1) is 0 Å². The van der Waals surface area contributed by atoms with Crippen molar-refractivity contribution in [3.8, 4) is 0 Å². The van der Waals surface area contributed by atoms with Crippen molar-refractivity contribution in [3.63, 3.8) is 0 Å². The Balaban J connectivity index is 5.49. The number of aliphatic imine (C=N–C) groups is 1. The van der Waals surface area contributed by atoms with Gasteiger partial charge < -0.3 is 54.8 Å². The van der Waals surface area contributed by atoms with E-state index >= 15 is 0 Å². The SMILES string of the molecule is CC(O)C(NC(=O)C(CCC(N)=O)NC(=O)C(CCCCN)NC(=O)C(N)CCCN=C(N)N)C(=O)O. The molecule has 0 fully saturated rings. The summed E-state index contributed by atoms with van der Waals surface area (Å²) in [6.07, 6.45) is -0.127. The Morgan fingerprint density at radius 2 is 1.41 bits per heavy atom. The van der Waals surface area contributed by atoms with Gasteiger partial charge in [-0.05, 0) is 52.0 Å². The maximum Gasteiger partial charge on any atom is 0.328 e. The molecule has 15 N–H and O–H groups in total. The summed E-state index contributed by atoms with van der Waals surface area (Å²) in [5.41, 5.74) is 27.1. The number of unbranched alkanes of at least 4 members (excludes halogenated alkanes) is 1. The second kappa shape index (κ2) is 17.9. The topological polar surface area (TPSA) is 304 Å². The van der Waals surface area contributed by atoms with Gasteiger partial charge in [0.25, 0.3) is 0 Å². The lowest BCUT2D eigenvalue weighted by Crippen LogP contribution is -2.58. The van der Waals surface area contributed by atoms with Crippen LogP contribution in [0.15, 0.2) is 4.99 Å². The average molecular weight is 532 g/mol. The van der Waals surface area contributed by atoms with E-state index in [0.717, 1.165) is 0 Å². The smallest absolute Gasteiger partial charge is 0.328 e. The average Bonchev–Trinajstić information content (AvgIpc) is 2.80. The number of carbonyl (C=O) groups excluding carboxylic acids is 4. The number of primary amides is 1. The lowest BCUT2D eigenvalue weighted by Gasteiger charge is -2.25. The minimum atomic E-state index is -1.66. The number of aliphatic carboxylic acids is 1. The fourth-order valence-electron chi connectivity index (χ4n) is 3.16. The summed E-state index contributed by atoms with van der Waals surface area (Å²) in [5, 5.41) is 25.9. The van der Waals surface area contributed by atoms with E-state index < -0.39 is 59.9 Å². The predicted octanol–water partition coefficient (Wildman–Crippen LogP) is -4.32. The van der Waals surface area contributed by atoms with Gasteiger partial charge in [-0.15, -0.1) is 0 Å². The van der Waals surface area contributed by atoms with Crippen molar-refractivity contribution in [2.45, 2.75) is 82.1 Å². The summed E-state index contributed by atoms with van der Waals surface area (Å²) in [6, 6.07) is -5.09. The summed E-state index contributed by atoms with van der Waals surface area (Å²) in [5.74, 6) is -4.66. The Morgan fingerprint density at radius 3 is 1.92 bits per heavy atom. The zero-order chi connectivity index (χ0) is 28.5. The molecular formula is C21H41N9O7. The number of nitrogens with two attached hydrogens (primary N) is 5. The highest BCUT2D eigenvalue weighted by Gasteiger charge is 2.31. The van der Waals surface area contributed by atoms with Gasteiger partial charge in [-0.3, -0.25) is 24.2 Å². The summed E-state index contributed by atoms with van der Waals surface area (Å²) in [4.78, 5) is 64.7. The number of guanidine groups is 1. The highest BCUT2D eigenvalue weighted by Crippen LogP contribution is 2.06. The zero-order valence-corrected chi connectivity index (χ0v) is 21.0. The highest BCUT2D eigenvalue weighted by molar-refractivity contribution is 5.94. The van der Waals surface area contributed by atoms with Crippen LogP contribution in [0.3, 0.4) is 0 Å². The molecule has 0 aromatic rings. The number of hydrogen-bond donors (Lipinski definition) is 10. The third-order valence-electron chi connectivity index (χ3n) is 5.24. The molecule has 5 unspecified atom stereocenters. The van der Waals surface area contributed by atoms with Crippen LogP contribution in [-0.4, -0.2) is 89.1 Å². The third-order valence-corrected chi connectivity index (χ3v) is 5.24. The fraction of sp³-hybridized carbons (Fsp3) is 0.714. The van der Waals surface area contributed by atoms with Crippen LogP contribution in [0.5, 0.6) is 0 Å². The lowest BCUT2D eigenvalue weighted by molar-refractivity contribution is -0.145. The highest BCUT2D eigenvalue weighted by atomic mass is 16.4. The molecule has 212 valence electrons. The molecule has 5 atom stereocenters. The first kappa shape index (κ1) is 33.5. The van der Waals surface area contributed by atoms with Crippen LogP contribution in [0.1, 0.15) is 51.9 Å². The zero-order valence-electron chi connectivity index (χ0n) is 21.0. The van der Waals surface area contributed by atoms with E-state index in [2.05, 4.69) is 20.9 Å². The largest absolute Gasteiger partial charge is 0.480 e. The molecular weight excluding hydrogens is 490 g/mol. The van der Waals surface area contributed by atoms with Gasteiger partial charge in [0.2, 0.25) is 23.6 Å². The number of rotatable bonds is 19. The molecule has 16 nitrogen and oxygen atoms in total. The minimum Gasteiger partial charge on any atom is -0.480 e. The summed E-state index contributed by atoms with van der Waals surface area (Å²) < 4.78 is 0. The molecule has 0 radical (unpaired) electrons. The maximum absolute atomic E-state index is 13.0. The molecule has 0 spiro atoms. The van der Waals surface area contributed by atoms with Gasteiger partial charge in [0.1, 0.15) is 12.1 Å². The Bertz CT molecular complexity index is 803. The summed E-state index contributed by atoms with van der Waals surface area (Å²) in [6.45, 7) is 1.79. The third kappa shape index (κ3) is 14.6. The minimum absolute atomic E-state index is 0.0901. The number of carbonyl (C=O) groups is 5. The Morgan fingerprint density at radius 1 is 0.838 bits per heavy atom. The molecule has 0 bridgehead atoms. The Kier molecular flexibility index (Phi) is 16.2. The first-order valence-corrected chi connectivity index (χ1v) is 11.9. The quantitative estimate of drug-likeness (QED) is 0.0431. The second-order valence-electron chi connectivity index (χ2n) is 8.53. The van der Waals surface area contributed by atoms with E-state index in [-0.39, 0.29) is 38.2 Å². The van der Waals surface area contributed by atoms with E-state index in [4.69, 9.17) is 28.7 Å². The van der Waals surface area contributed by atoms with Crippen molar-refractivity contribution >= 4 is 35.6 Å². The van der Waals surface area contributed by atoms with Gasteiger partial charge in [0.15, 0.2) is 12.0 Å². The number of carboxylic acid groups (broad SMARTS) is 1. The molecule has 0 rings (SSSR count). The number of nitrogens with one attached hydrogen (secondary N) is 3. The van der Waals surface area contributed by atoms with Crippen molar-refractivity contribution in [3.05, 3.63) is 0 Å². The molecule has 0 aliphatic rings. The molecule has 0 aliphatic heterocycles. The van der Waals surface area contributed by atoms with Crippen LogP contribution in [0.25, 0.3) is 0 Å². The number of aliphatic hydroxyl groups is 1. The van der Waals surface area contributed by atoms with Crippen LogP contribution < -0.4 is 44.6 Å². The van der Waals surface area contributed by atoms with Crippen molar-refractivity contribution < 1.29 is 34.2 Å². The molecule has 37 heavy (non-hydrogen) atoms. The van der Waals surface area contributed by atoms with E-state index in [1.165, 1.54) is 6.92 Å². The molecule has 4 amide bonds. The predicted molar refractivity (Wildman–Crippen MR) is 134 cm³/mol. The van der Waals surface area contributed by atoms with Crippen molar-refractivity contribution in [2.24, 2.45) is 33.7 Å².